The van der Waals surface area contributed by atoms with Gasteiger partial charge in [-0.1, -0.05) is 6.07 Å². The van der Waals surface area contributed by atoms with E-state index in [1.165, 1.54) is 11.6 Å². The Kier molecular flexibility index (Phi) is 3.28. The van der Waals surface area contributed by atoms with E-state index in [0.717, 1.165) is 43.1 Å². The number of aromatic nitrogens is 2. The van der Waals surface area contributed by atoms with E-state index >= 15 is 0 Å². The molecule has 0 saturated carbocycles. The molecule has 0 bridgehead atoms. The van der Waals surface area contributed by atoms with Crippen LogP contribution in [0.4, 0.5) is 0 Å². The van der Waals surface area contributed by atoms with Gasteiger partial charge in [0.1, 0.15) is 5.82 Å². The van der Waals surface area contributed by atoms with Crippen LogP contribution in [0.2, 0.25) is 0 Å². The average Bonchev–Trinajstić information content (AvgIpc) is 2.43. The highest BCUT2D eigenvalue weighted by Crippen LogP contribution is 2.26. The highest BCUT2D eigenvalue weighted by molar-refractivity contribution is 5.40. The van der Waals surface area contributed by atoms with Gasteiger partial charge in [-0.15, -0.1) is 0 Å². The van der Waals surface area contributed by atoms with Crippen LogP contribution in [0.3, 0.4) is 0 Å². The molecule has 20 heavy (non-hydrogen) atoms. The van der Waals surface area contributed by atoms with E-state index in [9.17, 15) is 10.2 Å². The van der Waals surface area contributed by atoms with Gasteiger partial charge in [0.15, 0.2) is 11.5 Å². The number of aromatic hydroxyl groups is 2. The summed E-state index contributed by atoms with van der Waals surface area (Å²) in [5, 5.41) is 18.9. The Bertz CT molecular complexity index is 643. The standard InChI is InChI=1S/C15H17N3O2/c1-10-16-7-12-9-18(5-4-13(12)17-10)8-11-2-3-14(19)15(20)6-11/h2-3,6-7,19-20H,4-5,8-9H2,1H3. The van der Waals surface area contributed by atoms with Crippen LogP contribution in [0.5, 0.6) is 11.5 Å². The van der Waals surface area contributed by atoms with Crippen LogP contribution < -0.4 is 0 Å². The number of benzene rings is 1. The van der Waals surface area contributed by atoms with Crippen LogP contribution in [0.15, 0.2) is 24.4 Å². The molecule has 2 heterocycles. The molecule has 0 radical (unpaired) electrons. The monoisotopic (exact) mass is 271 g/mol. The van der Waals surface area contributed by atoms with Crippen LogP contribution in [0.1, 0.15) is 22.6 Å². The molecule has 1 aromatic carbocycles. The fraction of sp³-hybridized carbons (Fsp3) is 0.333. The van der Waals surface area contributed by atoms with Crippen molar-refractivity contribution in [2.75, 3.05) is 6.54 Å². The summed E-state index contributed by atoms with van der Waals surface area (Å²) < 4.78 is 0. The molecule has 5 heteroatoms. The van der Waals surface area contributed by atoms with Gasteiger partial charge < -0.3 is 10.2 Å². The zero-order valence-corrected chi connectivity index (χ0v) is 11.4. The second kappa shape index (κ2) is 5.09. The predicted molar refractivity (Wildman–Crippen MR) is 74.4 cm³/mol. The number of phenolic OH excluding ortho intramolecular Hbond substituents is 2. The number of fused-ring (bicyclic) bond motifs is 1. The van der Waals surface area contributed by atoms with Crippen molar-refractivity contribution in [2.24, 2.45) is 0 Å². The summed E-state index contributed by atoms with van der Waals surface area (Å²) in [7, 11) is 0. The minimum atomic E-state index is -0.0818. The number of hydrogen-bond acceptors (Lipinski definition) is 5. The number of rotatable bonds is 2. The lowest BCUT2D eigenvalue weighted by Gasteiger charge is -2.28. The Labute approximate surface area is 117 Å². The Morgan fingerprint density at radius 2 is 2.10 bits per heavy atom. The van der Waals surface area contributed by atoms with Crippen molar-refractivity contribution in [3.8, 4) is 11.5 Å². The van der Waals surface area contributed by atoms with Crippen molar-refractivity contribution in [3.05, 3.63) is 47.0 Å². The molecule has 0 aliphatic carbocycles. The fourth-order valence-corrected chi connectivity index (χ4v) is 2.53. The molecule has 5 nitrogen and oxygen atoms in total. The third kappa shape index (κ3) is 2.58. The van der Waals surface area contributed by atoms with E-state index in [-0.39, 0.29) is 11.5 Å². The topological polar surface area (TPSA) is 69.5 Å². The Morgan fingerprint density at radius 3 is 2.90 bits per heavy atom. The van der Waals surface area contributed by atoms with Gasteiger partial charge in [0.2, 0.25) is 0 Å². The van der Waals surface area contributed by atoms with Crippen LogP contribution in [0, 0.1) is 6.92 Å². The number of phenols is 2. The molecule has 1 aliphatic rings. The Balaban J connectivity index is 1.74. The lowest BCUT2D eigenvalue weighted by atomic mass is 10.1. The highest BCUT2D eigenvalue weighted by Gasteiger charge is 2.18. The van der Waals surface area contributed by atoms with Gasteiger partial charge in [-0.3, -0.25) is 4.90 Å². The largest absolute Gasteiger partial charge is 0.504 e. The van der Waals surface area contributed by atoms with Crippen LogP contribution in [-0.2, 0) is 19.5 Å². The lowest BCUT2D eigenvalue weighted by molar-refractivity contribution is 0.242. The lowest BCUT2D eigenvalue weighted by Crippen LogP contribution is -2.31. The number of hydrogen-bond donors (Lipinski definition) is 2. The summed E-state index contributed by atoms with van der Waals surface area (Å²) >= 11 is 0. The quantitative estimate of drug-likeness (QED) is 0.814. The van der Waals surface area contributed by atoms with E-state index in [1.54, 1.807) is 6.07 Å². The van der Waals surface area contributed by atoms with Crippen molar-refractivity contribution < 1.29 is 10.2 Å². The zero-order chi connectivity index (χ0) is 14.1. The van der Waals surface area contributed by atoms with Crippen molar-refractivity contribution in [2.45, 2.75) is 26.4 Å². The number of nitrogens with zero attached hydrogens (tertiary/aromatic N) is 3. The second-order valence-electron chi connectivity index (χ2n) is 5.17. The predicted octanol–water partition coefficient (Wildman–Crippen LogP) is 1.75. The van der Waals surface area contributed by atoms with Crippen molar-refractivity contribution in [1.29, 1.82) is 0 Å². The molecule has 0 fully saturated rings. The molecule has 0 unspecified atom stereocenters. The first-order chi connectivity index (χ1) is 9.61. The summed E-state index contributed by atoms with van der Waals surface area (Å²) in [6.45, 7) is 4.40. The van der Waals surface area contributed by atoms with Gasteiger partial charge in [-0.25, -0.2) is 9.97 Å². The molecule has 0 spiro atoms. The van der Waals surface area contributed by atoms with E-state index in [4.69, 9.17) is 0 Å². The molecule has 0 atom stereocenters. The van der Waals surface area contributed by atoms with Crippen LogP contribution >= 0.6 is 0 Å². The van der Waals surface area contributed by atoms with Crippen molar-refractivity contribution >= 4 is 0 Å². The van der Waals surface area contributed by atoms with Gasteiger partial charge in [0, 0.05) is 43.5 Å². The van der Waals surface area contributed by atoms with E-state index in [0.29, 0.717) is 0 Å². The Morgan fingerprint density at radius 1 is 1.25 bits per heavy atom. The summed E-state index contributed by atoms with van der Waals surface area (Å²) in [5.41, 5.74) is 3.30. The molecule has 0 amide bonds. The van der Waals surface area contributed by atoms with Gasteiger partial charge in [-0.2, -0.15) is 0 Å². The number of aryl methyl sites for hydroxylation is 1. The first-order valence-electron chi connectivity index (χ1n) is 6.66. The summed E-state index contributed by atoms with van der Waals surface area (Å²) in [6.07, 6.45) is 2.82. The summed E-state index contributed by atoms with van der Waals surface area (Å²) in [5.74, 6) is 0.668. The molecule has 3 rings (SSSR count). The van der Waals surface area contributed by atoms with E-state index in [2.05, 4.69) is 14.9 Å². The van der Waals surface area contributed by atoms with Gasteiger partial charge in [-0.05, 0) is 24.6 Å². The second-order valence-corrected chi connectivity index (χ2v) is 5.17. The average molecular weight is 271 g/mol. The SMILES string of the molecule is Cc1ncc2c(n1)CCN(Cc1ccc(O)c(O)c1)C2. The van der Waals surface area contributed by atoms with E-state index in [1.807, 2.05) is 19.2 Å². The summed E-state index contributed by atoms with van der Waals surface area (Å²) in [6, 6.07) is 4.96. The minimum Gasteiger partial charge on any atom is -0.504 e. The highest BCUT2D eigenvalue weighted by atomic mass is 16.3. The maximum Gasteiger partial charge on any atom is 0.157 e. The molecule has 1 aromatic heterocycles. The third-order valence-corrected chi connectivity index (χ3v) is 3.58. The Hall–Kier alpha value is -2.14. The van der Waals surface area contributed by atoms with Gasteiger partial charge >= 0.3 is 0 Å². The van der Waals surface area contributed by atoms with Crippen molar-refractivity contribution in [3.63, 3.8) is 0 Å². The molecule has 2 aromatic rings. The molecule has 104 valence electrons. The van der Waals surface area contributed by atoms with Crippen LogP contribution in [-0.4, -0.2) is 31.6 Å². The normalized spacial score (nSPS) is 15.1. The van der Waals surface area contributed by atoms with Crippen LogP contribution in [0.25, 0.3) is 0 Å². The molecular weight excluding hydrogens is 254 g/mol. The van der Waals surface area contributed by atoms with E-state index < -0.39 is 0 Å². The third-order valence-electron chi connectivity index (χ3n) is 3.58. The zero-order valence-electron chi connectivity index (χ0n) is 11.4. The smallest absolute Gasteiger partial charge is 0.157 e. The molecule has 0 saturated heterocycles. The maximum atomic E-state index is 9.53. The maximum absolute atomic E-state index is 9.53. The molecular formula is C15H17N3O2. The van der Waals surface area contributed by atoms with Crippen molar-refractivity contribution in [1.82, 2.24) is 14.9 Å². The van der Waals surface area contributed by atoms with Gasteiger partial charge in [0.05, 0.1) is 0 Å². The molecule has 1 aliphatic heterocycles. The minimum absolute atomic E-state index is 0.0705. The fourth-order valence-electron chi connectivity index (χ4n) is 2.53. The first-order valence-corrected chi connectivity index (χ1v) is 6.66. The molecule has 2 N–H and O–H groups in total. The summed E-state index contributed by atoms with van der Waals surface area (Å²) in [4.78, 5) is 11.0. The first kappa shape index (κ1) is 12.9. The van der Waals surface area contributed by atoms with Gasteiger partial charge in [0.25, 0.3) is 0 Å².